The number of nitrogens with zero attached hydrogens (tertiary/aromatic N) is 1. The van der Waals surface area contributed by atoms with E-state index in [0.717, 1.165) is 52.4 Å². The summed E-state index contributed by atoms with van der Waals surface area (Å²) in [6.45, 7) is 8.93. The van der Waals surface area contributed by atoms with Crippen molar-refractivity contribution in [1.82, 2.24) is 20.9 Å². The number of nitrogens with one attached hydrogen (secondary N) is 3. The molecule has 0 aliphatic carbocycles. The largest absolute Gasteiger partial charge is 0.389 e. The van der Waals surface area contributed by atoms with Gasteiger partial charge in [0, 0.05) is 66.0 Å². The Balaban J connectivity index is 2.27. The van der Waals surface area contributed by atoms with E-state index in [4.69, 9.17) is 4.74 Å². The lowest BCUT2D eigenvalue weighted by molar-refractivity contribution is 0.0381. The molecule has 4 N–H and O–H groups in total. The van der Waals surface area contributed by atoms with E-state index in [0.29, 0.717) is 13.2 Å². The minimum atomic E-state index is -0.399. The molecule has 0 amide bonds. The third-order valence-corrected chi connectivity index (χ3v) is 2.99. The summed E-state index contributed by atoms with van der Waals surface area (Å²) in [7, 11) is 1.62. The van der Waals surface area contributed by atoms with Crippen LogP contribution in [0, 0.1) is 0 Å². The first kappa shape index (κ1) is 15.8. The summed E-state index contributed by atoms with van der Waals surface area (Å²) in [4.78, 5) is 2.28. The fourth-order valence-corrected chi connectivity index (χ4v) is 2.04. The van der Waals surface area contributed by atoms with Gasteiger partial charge in [-0.05, 0) is 0 Å². The Hall–Kier alpha value is -0.240. The van der Waals surface area contributed by atoms with Gasteiger partial charge in [0.15, 0.2) is 0 Å². The average Bonchev–Trinajstić information content (AvgIpc) is 2.33. The van der Waals surface area contributed by atoms with Crippen molar-refractivity contribution >= 4 is 0 Å². The number of rotatable bonds is 4. The Kier molecular flexibility index (Phi) is 9.37. The first-order valence-corrected chi connectivity index (χ1v) is 6.84. The lowest BCUT2D eigenvalue weighted by Crippen LogP contribution is -2.44. The predicted octanol–water partition coefficient (Wildman–Crippen LogP) is -1.92. The maximum Gasteiger partial charge on any atom is 0.0900 e. The number of aliphatic hydroxyl groups excluding tert-OH is 1. The van der Waals surface area contributed by atoms with Gasteiger partial charge in [-0.25, -0.2) is 0 Å². The number of hydrogen-bond acceptors (Lipinski definition) is 6. The van der Waals surface area contributed by atoms with Gasteiger partial charge in [-0.15, -0.1) is 0 Å². The number of methoxy groups -OCH3 is 1. The van der Waals surface area contributed by atoms with Crippen molar-refractivity contribution in [2.75, 3.05) is 72.6 Å². The van der Waals surface area contributed by atoms with Gasteiger partial charge in [0.05, 0.1) is 12.7 Å². The molecule has 0 saturated carbocycles. The maximum absolute atomic E-state index is 9.77. The second-order valence-electron chi connectivity index (χ2n) is 4.66. The van der Waals surface area contributed by atoms with Crippen molar-refractivity contribution in [2.24, 2.45) is 0 Å². The zero-order valence-corrected chi connectivity index (χ0v) is 11.5. The molecule has 1 fully saturated rings. The molecule has 0 aromatic rings. The molecule has 6 heteroatoms. The van der Waals surface area contributed by atoms with Gasteiger partial charge in [0.1, 0.15) is 0 Å². The summed E-state index contributed by atoms with van der Waals surface area (Å²) in [5.74, 6) is 0. The second kappa shape index (κ2) is 10.7. The fraction of sp³-hybridized carbons (Fsp3) is 1.00. The highest BCUT2D eigenvalue weighted by Crippen LogP contribution is 1.93. The molecule has 1 atom stereocenters. The number of β-amino-alcohol motifs (C(OH)–C–C–N with tert-alkyl or cyclic N) is 1. The molecular weight excluding hydrogens is 232 g/mol. The molecule has 1 rings (SSSR count). The summed E-state index contributed by atoms with van der Waals surface area (Å²) in [5.41, 5.74) is 0. The minimum absolute atomic E-state index is 0.399. The van der Waals surface area contributed by atoms with Crippen LogP contribution in [0.5, 0.6) is 0 Å². The third-order valence-electron chi connectivity index (χ3n) is 2.99. The van der Waals surface area contributed by atoms with Crippen molar-refractivity contribution in [3.8, 4) is 0 Å². The highest BCUT2D eigenvalue weighted by atomic mass is 16.5. The Labute approximate surface area is 110 Å². The molecular formula is C12H28N4O2. The van der Waals surface area contributed by atoms with Crippen molar-refractivity contribution in [2.45, 2.75) is 6.10 Å². The van der Waals surface area contributed by atoms with Crippen LogP contribution in [0.2, 0.25) is 0 Å². The molecule has 0 bridgehead atoms. The Morgan fingerprint density at radius 3 is 2.00 bits per heavy atom. The quantitative estimate of drug-likeness (QED) is 0.472. The van der Waals surface area contributed by atoms with Crippen LogP contribution < -0.4 is 16.0 Å². The fourth-order valence-electron chi connectivity index (χ4n) is 2.04. The number of aliphatic hydroxyl groups is 1. The monoisotopic (exact) mass is 260 g/mol. The summed E-state index contributed by atoms with van der Waals surface area (Å²) in [6, 6.07) is 0. The van der Waals surface area contributed by atoms with Gasteiger partial charge in [-0.2, -0.15) is 0 Å². The summed E-state index contributed by atoms with van der Waals surface area (Å²) in [5, 5.41) is 19.9. The van der Waals surface area contributed by atoms with Crippen molar-refractivity contribution in [1.29, 1.82) is 0 Å². The molecule has 0 radical (unpaired) electrons. The van der Waals surface area contributed by atoms with Crippen LogP contribution in [0.4, 0.5) is 0 Å². The Morgan fingerprint density at radius 2 is 1.50 bits per heavy atom. The van der Waals surface area contributed by atoms with Gasteiger partial charge in [-0.3, -0.25) is 4.90 Å². The molecule has 6 nitrogen and oxygen atoms in total. The van der Waals surface area contributed by atoms with E-state index in [1.807, 2.05) is 0 Å². The molecule has 0 spiro atoms. The number of ether oxygens (including phenoxy) is 1. The van der Waals surface area contributed by atoms with Crippen LogP contribution in [0.1, 0.15) is 0 Å². The molecule has 1 aliphatic heterocycles. The van der Waals surface area contributed by atoms with Gasteiger partial charge in [-0.1, -0.05) is 0 Å². The van der Waals surface area contributed by atoms with Crippen LogP contribution in [-0.2, 0) is 4.74 Å². The summed E-state index contributed by atoms with van der Waals surface area (Å²) < 4.78 is 4.97. The normalized spacial score (nSPS) is 23.0. The first-order chi connectivity index (χ1) is 8.83. The van der Waals surface area contributed by atoms with E-state index < -0.39 is 6.10 Å². The van der Waals surface area contributed by atoms with E-state index in [1.165, 1.54) is 0 Å². The zero-order valence-electron chi connectivity index (χ0n) is 11.5. The molecule has 1 aliphatic rings. The van der Waals surface area contributed by atoms with Crippen molar-refractivity contribution in [3.05, 3.63) is 0 Å². The standard InChI is InChI=1S/C12H28N4O2/c1-18-11-12(17)10-16-8-6-14-4-2-13-3-5-15-7-9-16/h12-15,17H,2-11H2,1H3. The molecule has 18 heavy (non-hydrogen) atoms. The Bertz CT molecular complexity index is 183. The minimum Gasteiger partial charge on any atom is -0.389 e. The van der Waals surface area contributed by atoms with Crippen molar-refractivity contribution < 1.29 is 9.84 Å². The van der Waals surface area contributed by atoms with E-state index in [2.05, 4.69) is 20.9 Å². The average molecular weight is 260 g/mol. The highest BCUT2D eigenvalue weighted by molar-refractivity contribution is 4.68. The van der Waals surface area contributed by atoms with Gasteiger partial charge in [0.25, 0.3) is 0 Å². The molecule has 1 unspecified atom stereocenters. The lowest BCUT2D eigenvalue weighted by atomic mass is 10.3. The zero-order chi connectivity index (χ0) is 13.1. The highest BCUT2D eigenvalue weighted by Gasteiger charge is 2.11. The van der Waals surface area contributed by atoms with Gasteiger partial charge in [0.2, 0.25) is 0 Å². The molecule has 1 saturated heterocycles. The van der Waals surface area contributed by atoms with E-state index in [9.17, 15) is 5.11 Å². The number of hydrogen-bond donors (Lipinski definition) is 4. The topological polar surface area (TPSA) is 68.8 Å². The first-order valence-electron chi connectivity index (χ1n) is 6.84. The molecule has 0 aromatic carbocycles. The van der Waals surface area contributed by atoms with Gasteiger partial charge < -0.3 is 25.8 Å². The summed E-state index contributed by atoms with van der Waals surface area (Å²) in [6.07, 6.45) is -0.399. The molecule has 108 valence electrons. The third kappa shape index (κ3) is 7.97. The smallest absolute Gasteiger partial charge is 0.0900 e. The second-order valence-corrected chi connectivity index (χ2v) is 4.66. The maximum atomic E-state index is 9.77. The molecule has 1 heterocycles. The Morgan fingerprint density at radius 1 is 1.00 bits per heavy atom. The lowest BCUT2D eigenvalue weighted by Gasteiger charge is -2.25. The van der Waals surface area contributed by atoms with Crippen LogP contribution in [-0.4, -0.2) is 88.7 Å². The predicted molar refractivity (Wildman–Crippen MR) is 72.9 cm³/mol. The SMILES string of the molecule is COCC(O)CN1CCNCCNCCNCC1. The summed E-state index contributed by atoms with van der Waals surface area (Å²) >= 11 is 0. The van der Waals surface area contributed by atoms with E-state index in [1.54, 1.807) is 7.11 Å². The van der Waals surface area contributed by atoms with Crippen LogP contribution >= 0.6 is 0 Å². The van der Waals surface area contributed by atoms with E-state index in [-0.39, 0.29) is 0 Å². The van der Waals surface area contributed by atoms with E-state index >= 15 is 0 Å². The van der Waals surface area contributed by atoms with Crippen LogP contribution in [0.25, 0.3) is 0 Å². The molecule has 0 aromatic heterocycles. The van der Waals surface area contributed by atoms with Crippen molar-refractivity contribution in [3.63, 3.8) is 0 Å². The van der Waals surface area contributed by atoms with Crippen LogP contribution in [0.15, 0.2) is 0 Å². The van der Waals surface area contributed by atoms with Crippen LogP contribution in [0.3, 0.4) is 0 Å². The van der Waals surface area contributed by atoms with Gasteiger partial charge >= 0.3 is 0 Å².